The van der Waals surface area contributed by atoms with E-state index in [0.29, 0.717) is 29.9 Å². The molecule has 2 rings (SSSR count). The minimum absolute atomic E-state index is 0.214. The molecule has 0 radical (unpaired) electrons. The van der Waals surface area contributed by atoms with Crippen molar-refractivity contribution in [1.82, 2.24) is 0 Å². The standard InChI is InChI=1S/C19H19NO3/c1-13-8-15(12-20)11-18(9-13)23-17-6-4-16(14(2)10-17)5-7-19(21)22-3/h4,6,8-11H,5,7H2,1-3H3. The molecule has 0 N–H and O–H groups in total. The lowest BCUT2D eigenvalue weighted by atomic mass is 10.0. The van der Waals surface area contributed by atoms with Gasteiger partial charge in [-0.25, -0.2) is 0 Å². The number of nitriles is 1. The van der Waals surface area contributed by atoms with Crippen LogP contribution in [-0.4, -0.2) is 13.1 Å². The fourth-order valence-electron chi connectivity index (χ4n) is 2.36. The SMILES string of the molecule is COC(=O)CCc1ccc(Oc2cc(C)cc(C#N)c2)cc1C. The Balaban J connectivity index is 2.13. The topological polar surface area (TPSA) is 59.3 Å². The highest BCUT2D eigenvalue weighted by molar-refractivity contribution is 5.69. The number of ether oxygens (including phenoxy) is 2. The monoisotopic (exact) mass is 309 g/mol. The Morgan fingerprint density at radius 1 is 1.13 bits per heavy atom. The second kappa shape index (κ2) is 7.46. The maximum Gasteiger partial charge on any atom is 0.305 e. The molecule has 0 aliphatic carbocycles. The van der Waals surface area contributed by atoms with Crippen molar-refractivity contribution in [2.75, 3.05) is 7.11 Å². The summed E-state index contributed by atoms with van der Waals surface area (Å²) < 4.78 is 10.5. The van der Waals surface area contributed by atoms with E-state index in [1.165, 1.54) is 7.11 Å². The molecular weight excluding hydrogens is 290 g/mol. The van der Waals surface area contributed by atoms with Gasteiger partial charge >= 0.3 is 5.97 Å². The maximum atomic E-state index is 11.2. The summed E-state index contributed by atoms with van der Waals surface area (Å²) in [5.74, 6) is 1.13. The summed E-state index contributed by atoms with van der Waals surface area (Å²) in [6.07, 6.45) is 1.00. The van der Waals surface area contributed by atoms with Gasteiger partial charge in [-0.15, -0.1) is 0 Å². The Hall–Kier alpha value is -2.80. The predicted molar refractivity (Wildman–Crippen MR) is 87.5 cm³/mol. The van der Waals surface area contributed by atoms with Gasteiger partial charge in [0.05, 0.1) is 18.7 Å². The van der Waals surface area contributed by atoms with Crippen LogP contribution in [0.3, 0.4) is 0 Å². The van der Waals surface area contributed by atoms with E-state index in [2.05, 4.69) is 10.8 Å². The molecule has 0 fully saturated rings. The number of carbonyl (C=O) groups is 1. The zero-order chi connectivity index (χ0) is 16.8. The number of benzene rings is 2. The molecule has 0 spiro atoms. The largest absolute Gasteiger partial charge is 0.469 e. The lowest BCUT2D eigenvalue weighted by Gasteiger charge is -2.10. The van der Waals surface area contributed by atoms with Gasteiger partial charge in [-0.3, -0.25) is 4.79 Å². The first kappa shape index (κ1) is 16.6. The van der Waals surface area contributed by atoms with Crippen molar-refractivity contribution in [2.24, 2.45) is 0 Å². The van der Waals surface area contributed by atoms with Crippen molar-refractivity contribution in [2.45, 2.75) is 26.7 Å². The average Bonchev–Trinajstić information content (AvgIpc) is 2.53. The third-order valence-electron chi connectivity index (χ3n) is 3.56. The van der Waals surface area contributed by atoms with Crippen LogP contribution < -0.4 is 4.74 Å². The van der Waals surface area contributed by atoms with E-state index in [1.54, 1.807) is 6.07 Å². The van der Waals surface area contributed by atoms with Gasteiger partial charge in [-0.2, -0.15) is 5.26 Å². The Morgan fingerprint density at radius 3 is 2.57 bits per heavy atom. The van der Waals surface area contributed by atoms with E-state index in [-0.39, 0.29) is 5.97 Å². The van der Waals surface area contributed by atoms with Crippen LogP contribution >= 0.6 is 0 Å². The van der Waals surface area contributed by atoms with E-state index in [1.807, 2.05) is 44.2 Å². The van der Waals surface area contributed by atoms with Crippen LogP contribution in [-0.2, 0) is 16.0 Å². The summed E-state index contributed by atoms with van der Waals surface area (Å²) in [5, 5.41) is 9.01. The normalized spacial score (nSPS) is 10.0. The quantitative estimate of drug-likeness (QED) is 0.781. The van der Waals surface area contributed by atoms with Crippen molar-refractivity contribution in [1.29, 1.82) is 5.26 Å². The number of carbonyl (C=O) groups excluding carboxylic acids is 1. The van der Waals surface area contributed by atoms with E-state index in [0.717, 1.165) is 16.7 Å². The van der Waals surface area contributed by atoms with Gasteiger partial charge < -0.3 is 9.47 Å². The second-order valence-electron chi connectivity index (χ2n) is 5.41. The first-order chi connectivity index (χ1) is 11.0. The Labute approximate surface area is 136 Å². The second-order valence-corrected chi connectivity index (χ2v) is 5.41. The first-order valence-corrected chi connectivity index (χ1v) is 7.38. The molecular formula is C19H19NO3. The van der Waals surface area contributed by atoms with Crippen molar-refractivity contribution in [3.63, 3.8) is 0 Å². The molecule has 4 nitrogen and oxygen atoms in total. The highest BCUT2D eigenvalue weighted by Crippen LogP contribution is 2.26. The number of aryl methyl sites for hydroxylation is 3. The van der Waals surface area contributed by atoms with Crippen LogP contribution in [0, 0.1) is 25.2 Å². The van der Waals surface area contributed by atoms with E-state index < -0.39 is 0 Å². The highest BCUT2D eigenvalue weighted by atomic mass is 16.5. The number of nitrogens with zero attached hydrogens (tertiary/aromatic N) is 1. The molecule has 0 amide bonds. The van der Waals surface area contributed by atoms with Crippen molar-refractivity contribution < 1.29 is 14.3 Å². The Kier molecular flexibility index (Phi) is 5.37. The van der Waals surface area contributed by atoms with Gasteiger partial charge in [0.1, 0.15) is 11.5 Å². The molecule has 4 heteroatoms. The van der Waals surface area contributed by atoms with Crippen LogP contribution in [0.15, 0.2) is 36.4 Å². The first-order valence-electron chi connectivity index (χ1n) is 7.38. The highest BCUT2D eigenvalue weighted by Gasteiger charge is 2.07. The van der Waals surface area contributed by atoms with Crippen molar-refractivity contribution >= 4 is 5.97 Å². The summed E-state index contributed by atoms with van der Waals surface area (Å²) in [5.41, 5.74) is 3.70. The summed E-state index contributed by atoms with van der Waals surface area (Å²) in [4.78, 5) is 11.2. The summed E-state index contributed by atoms with van der Waals surface area (Å²) in [7, 11) is 1.39. The van der Waals surface area contributed by atoms with Gasteiger partial charge in [0.2, 0.25) is 0 Å². The van der Waals surface area contributed by atoms with Crippen molar-refractivity contribution in [3.05, 3.63) is 58.7 Å². The lowest BCUT2D eigenvalue weighted by Crippen LogP contribution is -2.02. The third-order valence-corrected chi connectivity index (χ3v) is 3.56. The fourth-order valence-corrected chi connectivity index (χ4v) is 2.36. The van der Waals surface area contributed by atoms with Crippen LogP contribution in [0.2, 0.25) is 0 Å². The molecule has 118 valence electrons. The minimum Gasteiger partial charge on any atom is -0.469 e. The molecule has 23 heavy (non-hydrogen) atoms. The molecule has 0 aliphatic heterocycles. The fraction of sp³-hybridized carbons (Fsp3) is 0.263. The predicted octanol–water partition coefficient (Wildman–Crippen LogP) is 4.07. The number of rotatable bonds is 5. The average molecular weight is 309 g/mol. The molecule has 0 heterocycles. The molecule has 2 aromatic rings. The minimum atomic E-state index is -0.214. The molecule has 0 saturated carbocycles. The van der Waals surface area contributed by atoms with Gasteiger partial charge in [-0.05, 0) is 67.3 Å². The summed E-state index contributed by atoms with van der Waals surface area (Å²) in [6, 6.07) is 13.3. The third kappa shape index (κ3) is 4.58. The van der Waals surface area contributed by atoms with E-state index in [4.69, 9.17) is 10.00 Å². The van der Waals surface area contributed by atoms with E-state index in [9.17, 15) is 4.79 Å². The molecule has 0 aliphatic rings. The van der Waals surface area contributed by atoms with Crippen molar-refractivity contribution in [3.8, 4) is 17.6 Å². The maximum absolute atomic E-state index is 11.2. The molecule has 0 unspecified atom stereocenters. The zero-order valence-corrected chi connectivity index (χ0v) is 13.6. The lowest BCUT2D eigenvalue weighted by molar-refractivity contribution is -0.140. The molecule has 2 aromatic carbocycles. The Bertz CT molecular complexity index is 760. The molecule has 0 bridgehead atoms. The molecule has 0 aromatic heterocycles. The van der Waals surface area contributed by atoms with Crippen LogP contribution in [0.25, 0.3) is 0 Å². The Morgan fingerprint density at radius 2 is 1.91 bits per heavy atom. The smallest absolute Gasteiger partial charge is 0.305 e. The van der Waals surface area contributed by atoms with Gasteiger partial charge in [0.25, 0.3) is 0 Å². The van der Waals surface area contributed by atoms with Crippen LogP contribution in [0.1, 0.15) is 28.7 Å². The summed E-state index contributed by atoms with van der Waals surface area (Å²) >= 11 is 0. The number of hydrogen-bond acceptors (Lipinski definition) is 4. The molecule has 0 saturated heterocycles. The summed E-state index contributed by atoms with van der Waals surface area (Å²) in [6.45, 7) is 3.91. The molecule has 0 atom stereocenters. The van der Waals surface area contributed by atoms with Gasteiger partial charge in [0, 0.05) is 6.42 Å². The zero-order valence-electron chi connectivity index (χ0n) is 13.6. The van der Waals surface area contributed by atoms with E-state index >= 15 is 0 Å². The van der Waals surface area contributed by atoms with Gasteiger partial charge in [0.15, 0.2) is 0 Å². The number of esters is 1. The van der Waals surface area contributed by atoms with Gasteiger partial charge in [-0.1, -0.05) is 6.07 Å². The van der Waals surface area contributed by atoms with Crippen LogP contribution in [0.4, 0.5) is 0 Å². The number of hydrogen-bond donors (Lipinski definition) is 0. The van der Waals surface area contributed by atoms with Crippen LogP contribution in [0.5, 0.6) is 11.5 Å². The number of methoxy groups -OCH3 is 1.